The third-order valence-corrected chi connectivity index (χ3v) is 8.83. The molecule has 2 N–H and O–H groups in total. The zero-order valence-corrected chi connectivity index (χ0v) is 25.7. The molecule has 0 heterocycles. The number of aryl methyl sites for hydroxylation is 1. The van der Waals surface area contributed by atoms with E-state index in [0.29, 0.717) is 36.5 Å². The van der Waals surface area contributed by atoms with Gasteiger partial charge in [0.1, 0.15) is 6.04 Å². The van der Waals surface area contributed by atoms with Gasteiger partial charge in [0, 0.05) is 31.1 Å². The van der Waals surface area contributed by atoms with Crippen LogP contribution in [0.15, 0.2) is 114 Å². The average Bonchev–Trinajstić information content (AvgIpc) is 3.02. The van der Waals surface area contributed by atoms with Crippen LogP contribution < -0.4 is 10.0 Å². The Hall–Kier alpha value is -3.98. The van der Waals surface area contributed by atoms with Gasteiger partial charge in [-0.25, -0.2) is 13.1 Å². The van der Waals surface area contributed by atoms with Crippen molar-refractivity contribution in [3.8, 4) is 0 Å². The highest BCUT2D eigenvalue weighted by molar-refractivity contribution is 7.89. The van der Waals surface area contributed by atoms with Gasteiger partial charge in [-0.1, -0.05) is 103 Å². The van der Waals surface area contributed by atoms with Crippen molar-refractivity contribution in [1.29, 1.82) is 0 Å². The van der Waals surface area contributed by atoms with Gasteiger partial charge in [-0.05, 0) is 59.4 Å². The van der Waals surface area contributed by atoms with Crippen molar-refractivity contribution in [3.63, 3.8) is 0 Å². The van der Waals surface area contributed by atoms with E-state index in [9.17, 15) is 18.0 Å². The number of sulfonamides is 1. The van der Waals surface area contributed by atoms with E-state index in [1.807, 2.05) is 72.8 Å². The summed E-state index contributed by atoms with van der Waals surface area (Å²) < 4.78 is 27.1. The molecule has 0 fully saturated rings. The molecule has 224 valence electrons. The number of rotatable bonds is 14. The van der Waals surface area contributed by atoms with Gasteiger partial charge in [0.05, 0.1) is 4.90 Å². The fourth-order valence-corrected chi connectivity index (χ4v) is 5.96. The Labute approximate surface area is 258 Å². The van der Waals surface area contributed by atoms with Crippen molar-refractivity contribution >= 4 is 33.4 Å². The second kappa shape index (κ2) is 15.5. The minimum atomic E-state index is -3.57. The summed E-state index contributed by atoms with van der Waals surface area (Å²) in [5.74, 6) is -0.464. The summed E-state index contributed by atoms with van der Waals surface area (Å²) in [6.45, 7) is 2.66. The van der Waals surface area contributed by atoms with E-state index in [1.54, 1.807) is 36.1 Å². The van der Waals surface area contributed by atoms with Gasteiger partial charge < -0.3 is 10.2 Å². The van der Waals surface area contributed by atoms with Crippen LogP contribution in [-0.2, 0) is 39.0 Å². The van der Waals surface area contributed by atoms with Gasteiger partial charge >= 0.3 is 0 Å². The maximum atomic E-state index is 13.9. The van der Waals surface area contributed by atoms with Crippen LogP contribution in [0.2, 0.25) is 5.02 Å². The predicted octanol–water partition coefficient (Wildman–Crippen LogP) is 5.70. The van der Waals surface area contributed by atoms with Crippen molar-refractivity contribution < 1.29 is 18.0 Å². The second-order valence-electron chi connectivity index (χ2n) is 10.1. The van der Waals surface area contributed by atoms with Crippen LogP contribution in [0.5, 0.6) is 0 Å². The minimum absolute atomic E-state index is 0.132. The summed E-state index contributed by atoms with van der Waals surface area (Å²) in [5, 5.41) is 3.63. The SMILES string of the molecule is CCNS(=O)(=O)c1ccc(CCC(=O)N(Cc2ccc(Cl)cc2)[C@@H](C(=O)NCCc2ccccc2)c2ccccc2)cc1. The van der Waals surface area contributed by atoms with Gasteiger partial charge in [-0.2, -0.15) is 0 Å². The highest BCUT2D eigenvalue weighted by Gasteiger charge is 2.31. The molecule has 1 atom stereocenters. The fraction of sp³-hybridized carbons (Fsp3) is 0.235. The quantitative estimate of drug-likeness (QED) is 0.190. The van der Waals surface area contributed by atoms with E-state index >= 15 is 0 Å². The molecule has 0 saturated heterocycles. The average molecular weight is 618 g/mol. The number of amides is 2. The number of halogens is 1. The Morgan fingerprint density at radius 3 is 1.98 bits per heavy atom. The van der Waals surface area contributed by atoms with Crippen molar-refractivity contribution in [2.75, 3.05) is 13.1 Å². The zero-order valence-electron chi connectivity index (χ0n) is 24.1. The first-order valence-corrected chi connectivity index (χ1v) is 16.1. The van der Waals surface area contributed by atoms with Crippen LogP contribution in [0.4, 0.5) is 0 Å². The standard InChI is InChI=1S/C34H36ClN3O4S/c1-2-37-43(41,42)31-20-15-27(16-21-31)17-22-32(39)38(25-28-13-18-30(35)19-14-28)33(29-11-7-4-8-12-29)34(40)36-24-23-26-9-5-3-6-10-26/h3-16,18-21,33,37H,2,17,22-25H2,1H3,(H,36,40)/t33-/m1/s1. The minimum Gasteiger partial charge on any atom is -0.354 e. The van der Waals surface area contributed by atoms with E-state index in [4.69, 9.17) is 11.6 Å². The molecule has 0 bridgehead atoms. The third kappa shape index (κ3) is 9.25. The molecule has 9 heteroatoms. The zero-order chi connectivity index (χ0) is 30.7. The highest BCUT2D eigenvalue weighted by atomic mass is 35.5. The van der Waals surface area contributed by atoms with Crippen LogP contribution in [-0.4, -0.2) is 38.2 Å². The molecule has 4 aromatic rings. The topological polar surface area (TPSA) is 95.6 Å². The van der Waals surface area contributed by atoms with E-state index in [1.165, 1.54) is 12.1 Å². The number of carbonyl (C=O) groups is 2. The van der Waals surface area contributed by atoms with E-state index in [0.717, 1.165) is 16.7 Å². The molecular formula is C34H36ClN3O4S. The van der Waals surface area contributed by atoms with Crippen LogP contribution in [0.1, 0.15) is 41.6 Å². The van der Waals surface area contributed by atoms with E-state index < -0.39 is 16.1 Å². The molecule has 4 aromatic carbocycles. The van der Waals surface area contributed by atoms with Crippen molar-refractivity contribution in [2.45, 2.75) is 43.7 Å². The fourth-order valence-electron chi connectivity index (χ4n) is 4.79. The summed E-state index contributed by atoms with van der Waals surface area (Å²) >= 11 is 6.12. The molecule has 4 rings (SSSR count). The Kier molecular flexibility index (Phi) is 11.5. The summed E-state index contributed by atoms with van der Waals surface area (Å²) in [7, 11) is -3.57. The van der Waals surface area contributed by atoms with Crippen LogP contribution in [0, 0.1) is 0 Å². The first-order chi connectivity index (χ1) is 20.8. The predicted molar refractivity (Wildman–Crippen MR) is 170 cm³/mol. The summed E-state index contributed by atoms with van der Waals surface area (Å²) in [6, 6.07) is 32.1. The first-order valence-electron chi connectivity index (χ1n) is 14.3. The number of nitrogens with zero attached hydrogens (tertiary/aromatic N) is 1. The van der Waals surface area contributed by atoms with Gasteiger partial charge in [0.15, 0.2) is 0 Å². The van der Waals surface area contributed by atoms with E-state index in [-0.39, 0.29) is 29.7 Å². The van der Waals surface area contributed by atoms with Gasteiger partial charge in [0.2, 0.25) is 21.8 Å². The Balaban J connectivity index is 1.56. The van der Waals surface area contributed by atoms with Gasteiger partial charge in [0.25, 0.3) is 0 Å². The van der Waals surface area contributed by atoms with E-state index in [2.05, 4.69) is 10.0 Å². The number of nitrogens with one attached hydrogen (secondary N) is 2. The summed E-state index contributed by atoms with van der Waals surface area (Å²) in [4.78, 5) is 29.5. The second-order valence-corrected chi connectivity index (χ2v) is 12.3. The highest BCUT2D eigenvalue weighted by Crippen LogP contribution is 2.26. The third-order valence-electron chi connectivity index (χ3n) is 7.01. The van der Waals surface area contributed by atoms with Crippen LogP contribution in [0.25, 0.3) is 0 Å². The molecule has 0 aliphatic rings. The summed E-state index contributed by atoms with van der Waals surface area (Å²) in [5.41, 5.74) is 3.48. The van der Waals surface area contributed by atoms with Crippen molar-refractivity contribution in [3.05, 3.63) is 136 Å². The molecule has 0 aromatic heterocycles. The lowest BCUT2D eigenvalue weighted by Crippen LogP contribution is -2.44. The first kappa shape index (κ1) is 31.9. The number of benzene rings is 4. The lowest BCUT2D eigenvalue weighted by molar-refractivity contribution is -0.141. The summed E-state index contributed by atoms with van der Waals surface area (Å²) in [6.07, 6.45) is 1.18. The Morgan fingerprint density at radius 2 is 1.35 bits per heavy atom. The molecule has 43 heavy (non-hydrogen) atoms. The number of carbonyl (C=O) groups excluding carboxylic acids is 2. The smallest absolute Gasteiger partial charge is 0.247 e. The lowest BCUT2D eigenvalue weighted by Gasteiger charge is -2.32. The number of hydrogen-bond acceptors (Lipinski definition) is 4. The Bertz CT molecular complexity index is 1580. The van der Waals surface area contributed by atoms with Crippen LogP contribution in [0.3, 0.4) is 0 Å². The monoisotopic (exact) mass is 617 g/mol. The molecule has 0 aliphatic heterocycles. The molecule has 0 saturated carbocycles. The lowest BCUT2D eigenvalue weighted by atomic mass is 10.0. The maximum absolute atomic E-state index is 13.9. The normalized spacial score (nSPS) is 12.0. The maximum Gasteiger partial charge on any atom is 0.247 e. The van der Waals surface area contributed by atoms with Crippen molar-refractivity contribution in [1.82, 2.24) is 14.9 Å². The molecule has 0 aliphatic carbocycles. The molecule has 0 unspecified atom stereocenters. The molecule has 0 spiro atoms. The molecule has 0 radical (unpaired) electrons. The van der Waals surface area contributed by atoms with Crippen LogP contribution >= 0.6 is 11.6 Å². The number of hydrogen-bond donors (Lipinski definition) is 2. The molecule has 2 amide bonds. The van der Waals surface area contributed by atoms with Gasteiger partial charge in [-0.3, -0.25) is 9.59 Å². The molecule has 7 nitrogen and oxygen atoms in total. The largest absolute Gasteiger partial charge is 0.354 e. The van der Waals surface area contributed by atoms with Gasteiger partial charge in [-0.15, -0.1) is 0 Å². The molecular weight excluding hydrogens is 582 g/mol. The van der Waals surface area contributed by atoms with Crippen molar-refractivity contribution in [2.24, 2.45) is 0 Å². The Morgan fingerprint density at radius 1 is 0.767 bits per heavy atom.